The standard InChI is InChI=1S/C16H27N3/c1-13-10-16(5-4-15(13)6-8-17)19(3)12-14-7-9-18(2)11-14/h4-5,10,14H,6-9,11-12,17H2,1-3H3. The van der Waals surface area contributed by atoms with Crippen LogP contribution in [0.15, 0.2) is 18.2 Å². The first-order valence-corrected chi connectivity index (χ1v) is 7.29. The van der Waals surface area contributed by atoms with Crippen LogP contribution in [0.5, 0.6) is 0 Å². The lowest BCUT2D eigenvalue weighted by Gasteiger charge is -2.24. The molecule has 1 aromatic rings. The van der Waals surface area contributed by atoms with E-state index in [2.05, 4.69) is 49.0 Å². The van der Waals surface area contributed by atoms with Gasteiger partial charge in [-0.25, -0.2) is 0 Å². The van der Waals surface area contributed by atoms with Crippen molar-refractivity contribution in [1.29, 1.82) is 0 Å². The zero-order valence-electron chi connectivity index (χ0n) is 12.5. The molecule has 0 spiro atoms. The molecule has 1 aliphatic heterocycles. The molecule has 0 aromatic heterocycles. The van der Waals surface area contributed by atoms with Gasteiger partial charge in [0.05, 0.1) is 0 Å². The third-order valence-electron chi connectivity index (χ3n) is 4.20. The van der Waals surface area contributed by atoms with E-state index in [1.807, 2.05) is 0 Å². The highest BCUT2D eigenvalue weighted by molar-refractivity contribution is 5.50. The van der Waals surface area contributed by atoms with Gasteiger partial charge >= 0.3 is 0 Å². The molecule has 3 heteroatoms. The molecule has 0 bridgehead atoms. The smallest absolute Gasteiger partial charge is 0.0366 e. The van der Waals surface area contributed by atoms with Crippen molar-refractivity contribution in [2.75, 3.05) is 45.2 Å². The lowest BCUT2D eigenvalue weighted by Crippen LogP contribution is -2.27. The molecule has 3 nitrogen and oxygen atoms in total. The van der Waals surface area contributed by atoms with E-state index in [4.69, 9.17) is 5.73 Å². The van der Waals surface area contributed by atoms with Gasteiger partial charge in [0.25, 0.3) is 0 Å². The minimum absolute atomic E-state index is 0.727. The molecule has 2 N–H and O–H groups in total. The first kappa shape index (κ1) is 14.4. The van der Waals surface area contributed by atoms with E-state index >= 15 is 0 Å². The summed E-state index contributed by atoms with van der Waals surface area (Å²) in [5, 5.41) is 0. The van der Waals surface area contributed by atoms with Crippen LogP contribution >= 0.6 is 0 Å². The minimum atomic E-state index is 0.727. The Morgan fingerprint density at radius 2 is 2.21 bits per heavy atom. The van der Waals surface area contributed by atoms with Gasteiger partial charge in [-0.2, -0.15) is 0 Å². The Morgan fingerprint density at radius 1 is 1.42 bits per heavy atom. The van der Waals surface area contributed by atoms with Crippen molar-refractivity contribution in [3.05, 3.63) is 29.3 Å². The number of benzene rings is 1. The van der Waals surface area contributed by atoms with Crippen molar-refractivity contribution in [3.8, 4) is 0 Å². The number of hydrogen-bond acceptors (Lipinski definition) is 3. The fourth-order valence-corrected chi connectivity index (χ4v) is 3.02. The Hall–Kier alpha value is -1.06. The van der Waals surface area contributed by atoms with E-state index in [1.165, 1.54) is 36.3 Å². The first-order chi connectivity index (χ1) is 9.10. The van der Waals surface area contributed by atoms with Crippen molar-refractivity contribution in [2.45, 2.75) is 19.8 Å². The van der Waals surface area contributed by atoms with Gasteiger partial charge in [0.1, 0.15) is 0 Å². The van der Waals surface area contributed by atoms with Crippen molar-refractivity contribution in [2.24, 2.45) is 11.7 Å². The third kappa shape index (κ3) is 3.71. The molecule has 1 aromatic carbocycles. The Balaban J connectivity index is 1.98. The molecule has 0 saturated carbocycles. The summed E-state index contributed by atoms with van der Waals surface area (Å²) in [6.45, 7) is 6.54. The molecule has 1 fully saturated rings. The highest BCUT2D eigenvalue weighted by Gasteiger charge is 2.20. The summed E-state index contributed by atoms with van der Waals surface area (Å²) in [6.07, 6.45) is 2.30. The molecule has 1 heterocycles. The largest absolute Gasteiger partial charge is 0.374 e. The maximum atomic E-state index is 5.63. The van der Waals surface area contributed by atoms with Crippen molar-refractivity contribution < 1.29 is 0 Å². The lowest BCUT2D eigenvalue weighted by molar-refractivity contribution is 0.396. The number of nitrogens with two attached hydrogens (primary N) is 1. The van der Waals surface area contributed by atoms with Crippen LogP contribution < -0.4 is 10.6 Å². The molecule has 1 unspecified atom stereocenters. The van der Waals surface area contributed by atoms with Gasteiger partial charge in [0, 0.05) is 25.8 Å². The number of nitrogens with zero attached hydrogens (tertiary/aromatic N) is 2. The average Bonchev–Trinajstić information content (AvgIpc) is 2.77. The Morgan fingerprint density at radius 3 is 2.79 bits per heavy atom. The molecule has 19 heavy (non-hydrogen) atoms. The van der Waals surface area contributed by atoms with Crippen LogP contribution in [0.3, 0.4) is 0 Å². The summed E-state index contributed by atoms with van der Waals surface area (Å²) >= 11 is 0. The Labute approximate surface area is 117 Å². The van der Waals surface area contributed by atoms with Crippen LogP contribution in [0.25, 0.3) is 0 Å². The van der Waals surface area contributed by atoms with Crippen LogP contribution in [-0.4, -0.2) is 45.2 Å². The van der Waals surface area contributed by atoms with Crippen LogP contribution in [0.1, 0.15) is 17.5 Å². The summed E-state index contributed by atoms with van der Waals surface area (Å²) in [5.74, 6) is 0.805. The van der Waals surface area contributed by atoms with Gasteiger partial charge < -0.3 is 15.5 Å². The van der Waals surface area contributed by atoms with E-state index in [0.717, 1.165) is 25.4 Å². The molecule has 0 amide bonds. The maximum absolute atomic E-state index is 5.63. The predicted molar refractivity (Wildman–Crippen MR) is 82.8 cm³/mol. The topological polar surface area (TPSA) is 32.5 Å². The molecular weight excluding hydrogens is 234 g/mol. The quantitative estimate of drug-likeness (QED) is 0.878. The second kappa shape index (κ2) is 6.40. The zero-order chi connectivity index (χ0) is 13.8. The Bertz CT molecular complexity index is 416. The van der Waals surface area contributed by atoms with E-state index in [0.29, 0.717) is 0 Å². The average molecular weight is 261 g/mol. The van der Waals surface area contributed by atoms with Crippen molar-refractivity contribution >= 4 is 5.69 Å². The molecule has 1 aliphatic rings. The summed E-state index contributed by atoms with van der Waals surface area (Å²) in [7, 11) is 4.42. The number of anilines is 1. The van der Waals surface area contributed by atoms with E-state index in [-0.39, 0.29) is 0 Å². The number of aryl methyl sites for hydroxylation is 1. The summed E-state index contributed by atoms with van der Waals surface area (Å²) < 4.78 is 0. The van der Waals surface area contributed by atoms with Gasteiger partial charge in [-0.15, -0.1) is 0 Å². The van der Waals surface area contributed by atoms with Crippen LogP contribution in [0.2, 0.25) is 0 Å². The molecule has 2 rings (SSSR count). The van der Waals surface area contributed by atoms with Gasteiger partial charge in [0.15, 0.2) is 0 Å². The van der Waals surface area contributed by atoms with Gasteiger partial charge in [-0.1, -0.05) is 6.07 Å². The molecule has 0 aliphatic carbocycles. The number of hydrogen-bond donors (Lipinski definition) is 1. The second-order valence-electron chi connectivity index (χ2n) is 5.95. The Kier molecular flexibility index (Phi) is 4.83. The number of rotatable bonds is 5. The molecule has 1 atom stereocenters. The fourth-order valence-electron chi connectivity index (χ4n) is 3.02. The van der Waals surface area contributed by atoms with Crippen LogP contribution in [0, 0.1) is 12.8 Å². The lowest BCUT2D eigenvalue weighted by atomic mass is 10.0. The van der Waals surface area contributed by atoms with E-state index in [9.17, 15) is 0 Å². The van der Waals surface area contributed by atoms with E-state index < -0.39 is 0 Å². The monoisotopic (exact) mass is 261 g/mol. The fraction of sp³-hybridized carbons (Fsp3) is 0.625. The van der Waals surface area contributed by atoms with E-state index in [1.54, 1.807) is 0 Å². The predicted octanol–water partition coefficient (Wildman–Crippen LogP) is 1.88. The SMILES string of the molecule is Cc1cc(N(C)CC2CCN(C)C2)ccc1CCN. The maximum Gasteiger partial charge on any atom is 0.0366 e. The molecule has 106 valence electrons. The summed E-state index contributed by atoms with van der Waals surface area (Å²) in [5.41, 5.74) is 9.70. The zero-order valence-corrected chi connectivity index (χ0v) is 12.5. The number of likely N-dealkylation sites (tertiary alicyclic amines) is 1. The molecule has 0 radical (unpaired) electrons. The first-order valence-electron chi connectivity index (χ1n) is 7.29. The highest BCUT2D eigenvalue weighted by Crippen LogP contribution is 2.22. The molecule has 1 saturated heterocycles. The van der Waals surface area contributed by atoms with Gasteiger partial charge in [-0.3, -0.25) is 0 Å². The third-order valence-corrected chi connectivity index (χ3v) is 4.20. The molecular formula is C16H27N3. The summed E-state index contributed by atoms with van der Waals surface area (Å²) in [6, 6.07) is 6.76. The summed E-state index contributed by atoms with van der Waals surface area (Å²) in [4.78, 5) is 4.82. The van der Waals surface area contributed by atoms with Gasteiger partial charge in [-0.05, 0) is 69.1 Å². The van der Waals surface area contributed by atoms with Crippen molar-refractivity contribution in [3.63, 3.8) is 0 Å². The van der Waals surface area contributed by atoms with Crippen LogP contribution in [-0.2, 0) is 6.42 Å². The van der Waals surface area contributed by atoms with Crippen LogP contribution in [0.4, 0.5) is 5.69 Å². The second-order valence-corrected chi connectivity index (χ2v) is 5.95. The van der Waals surface area contributed by atoms with Crippen molar-refractivity contribution in [1.82, 2.24) is 4.90 Å². The highest BCUT2D eigenvalue weighted by atomic mass is 15.1. The normalized spacial score (nSPS) is 19.9. The minimum Gasteiger partial charge on any atom is -0.374 e. The van der Waals surface area contributed by atoms with Gasteiger partial charge in [0.2, 0.25) is 0 Å².